The molecule has 0 aliphatic heterocycles. The van der Waals surface area contributed by atoms with Crippen LogP contribution in [0.1, 0.15) is 25.0 Å². The molecule has 0 atom stereocenters. The van der Waals surface area contributed by atoms with Gasteiger partial charge >= 0.3 is 0 Å². The minimum absolute atomic E-state index is 0.0436. The van der Waals surface area contributed by atoms with Crippen molar-refractivity contribution in [3.05, 3.63) is 47.5 Å². The van der Waals surface area contributed by atoms with Crippen molar-refractivity contribution in [3.8, 4) is 0 Å². The molecule has 1 aromatic rings. The summed E-state index contributed by atoms with van der Waals surface area (Å²) in [5.41, 5.74) is 2.49. The van der Waals surface area contributed by atoms with Crippen LogP contribution in [0, 0.1) is 0 Å². The summed E-state index contributed by atoms with van der Waals surface area (Å²) in [7, 11) is 1.82. The molecule has 0 bridgehead atoms. The normalized spacial score (nSPS) is 10.7. The number of allylic oxidation sites excluding steroid dienone is 1. The summed E-state index contributed by atoms with van der Waals surface area (Å²) in [6.07, 6.45) is 4.40. The van der Waals surface area contributed by atoms with E-state index in [0.717, 1.165) is 12.0 Å². The molecule has 0 N–H and O–H groups in total. The zero-order valence-electron chi connectivity index (χ0n) is 10.2. The number of hydrogen-bond donors (Lipinski definition) is 0. The molecule has 1 amide bonds. The molecule has 1 rings (SSSR count). The molecule has 0 fully saturated rings. The SMILES string of the molecule is CC=CC(=O)N(C)Cc1ccc(CC)cc1. The molecule has 0 aliphatic rings. The van der Waals surface area contributed by atoms with E-state index >= 15 is 0 Å². The summed E-state index contributed by atoms with van der Waals surface area (Å²) in [5, 5.41) is 0. The van der Waals surface area contributed by atoms with Crippen molar-refractivity contribution in [2.75, 3.05) is 7.05 Å². The number of nitrogens with zero attached hydrogens (tertiary/aromatic N) is 1. The lowest BCUT2D eigenvalue weighted by Gasteiger charge is -2.15. The third kappa shape index (κ3) is 3.54. The van der Waals surface area contributed by atoms with E-state index in [4.69, 9.17) is 0 Å². The summed E-state index contributed by atoms with van der Waals surface area (Å²) in [4.78, 5) is 13.2. The van der Waals surface area contributed by atoms with E-state index in [0.29, 0.717) is 6.54 Å². The van der Waals surface area contributed by atoms with E-state index < -0.39 is 0 Å². The third-order valence-electron chi connectivity index (χ3n) is 2.54. The van der Waals surface area contributed by atoms with Crippen LogP contribution in [0.4, 0.5) is 0 Å². The number of carbonyl (C=O) groups is 1. The highest BCUT2D eigenvalue weighted by molar-refractivity contribution is 5.87. The quantitative estimate of drug-likeness (QED) is 0.710. The van der Waals surface area contributed by atoms with Gasteiger partial charge in [-0.25, -0.2) is 0 Å². The highest BCUT2D eigenvalue weighted by atomic mass is 16.2. The Hall–Kier alpha value is -1.57. The molecule has 0 radical (unpaired) electrons. The topological polar surface area (TPSA) is 20.3 Å². The number of benzene rings is 1. The van der Waals surface area contributed by atoms with Gasteiger partial charge in [-0.3, -0.25) is 4.79 Å². The zero-order chi connectivity index (χ0) is 12.0. The predicted octanol–water partition coefficient (Wildman–Crippen LogP) is 2.78. The van der Waals surface area contributed by atoms with Crippen molar-refractivity contribution in [2.24, 2.45) is 0 Å². The maximum Gasteiger partial charge on any atom is 0.246 e. The van der Waals surface area contributed by atoms with Crippen LogP contribution in [-0.2, 0) is 17.8 Å². The van der Waals surface area contributed by atoms with Crippen molar-refractivity contribution >= 4 is 5.91 Å². The smallest absolute Gasteiger partial charge is 0.246 e. The Morgan fingerprint density at radius 2 is 1.81 bits per heavy atom. The van der Waals surface area contributed by atoms with Gasteiger partial charge in [0.2, 0.25) is 5.91 Å². The molecule has 0 aromatic heterocycles. The fourth-order valence-corrected chi connectivity index (χ4v) is 1.50. The number of likely N-dealkylation sites (N-methyl/N-ethyl adjacent to an activating group) is 1. The second-order valence-electron chi connectivity index (χ2n) is 3.86. The van der Waals surface area contributed by atoms with Gasteiger partial charge in [0.1, 0.15) is 0 Å². The van der Waals surface area contributed by atoms with Crippen LogP contribution in [0.2, 0.25) is 0 Å². The van der Waals surface area contributed by atoms with Crippen LogP contribution in [0.25, 0.3) is 0 Å². The molecule has 0 saturated heterocycles. The standard InChI is InChI=1S/C14H19NO/c1-4-6-14(16)15(3)11-13-9-7-12(5-2)8-10-13/h4,6-10H,5,11H2,1-3H3. The lowest BCUT2D eigenvalue weighted by Crippen LogP contribution is -2.24. The average Bonchev–Trinajstić information content (AvgIpc) is 2.30. The van der Waals surface area contributed by atoms with Crippen LogP contribution in [0.15, 0.2) is 36.4 Å². The highest BCUT2D eigenvalue weighted by Crippen LogP contribution is 2.07. The van der Waals surface area contributed by atoms with Crippen LogP contribution in [0.5, 0.6) is 0 Å². The summed E-state index contributed by atoms with van der Waals surface area (Å²) < 4.78 is 0. The van der Waals surface area contributed by atoms with Gasteiger partial charge in [0.15, 0.2) is 0 Å². The molecular formula is C14H19NO. The van der Waals surface area contributed by atoms with Gasteiger partial charge in [0, 0.05) is 13.6 Å². The second-order valence-corrected chi connectivity index (χ2v) is 3.86. The van der Waals surface area contributed by atoms with Crippen molar-refractivity contribution in [2.45, 2.75) is 26.8 Å². The maximum absolute atomic E-state index is 11.5. The van der Waals surface area contributed by atoms with Gasteiger partial charge < -0.3 is 4.90 Å². The number of aryl methyl sites for hydroxylation is 1. The maximum atomic E-state index is 11.5. The minimum atomic E-state index is 0.0436. The number of hydrogen-bond acceptors (Lipinski definition) is 1. The molecular weight excluding hydrogens is 198 g/mol. The van der Waals surface area contributed by atoms with Crippen LogP contribution >= 0.6 is 0 Å². The van der Waals surface area contributed by atoms with Crippen LogP contribution < -0.4 is 0 Å². The van der Waals surface area contributed by atoms with Gasteiger partial charge in [-0.1, -0.05) is 37.3 Å². The van der Waals surface area contributed by atoms with E-state index in [1.807, 2.05) is 14.0 Å². The van der Waals surface area contributed by atoms with Gasteiger partial charge in [0.05, 0.1) is 0 Å². The zero-order valence-corrected chi connectivity index (χ0v) is 10.2. The van der Waals surface area contributed by atoms with Crippen molar-refractivity contribution in [1.82, 2.24) is 4.90 Å². The lowest BCUT2D eigenvalue weighted by atomic mass is 10.1. The first-order valence-electron chi connectivity index (χ1n) is 5.63. The minimum Gasteiger partial charge on any atom is -0.338 e. The van der Waals surface area contributed by atoms with Crippen LogP contribution in [0.3, 0.4) is 0 Å². The molecule has 0 spiro atoms. The predicted molar refractivity (Wildman–Crippen MR) is 67.1 cm³/mol. The van der Waals surface area contributed by atoms with E-state index in [9.17, 15) is 4.79 Å². The fraction of sp³-hybridized carbons (Fsp3) is 0.357. The first-order valence-corrected chi connectivity index (χ1v) is 5.63. The summed E-state index contributed by atoms with van der Waals surface area (Å²) in [6, 6.07) is 8.39. The second kappa shape index (κ2) is 6.11. The van der Waals surface area contributed by atoms with E-state index in [1.165, 1.54) is 5.56 Å². The molecule has 16 heavy (non-hydrogen) atoms. The van der Waals surface area contributed by atoms with Crippen LogP contribution in [-0.4, -0.2) is 17.9 Å². The Morgan fingerprint density at radius 1 is 1.25 bits per heavy atom. The Balaban J connectivity index is 2.62. The first kappa shape index (κ1) is 12.5. The largest absolute Gasteiger partial charge is 0.338 e. The van der Waals surface area contributed by atoms with Gasteiger partial charge in [-0.15, -0.1) is 0 Å². The number of amides is 1. The summed E-state index contributed by atoms with van der Waals surface area (Å²) >= 11 is 0. The Labute approximate surface area is 97.6 Å². The van der Waals surface area contributed by atoms with Gasteiger partial charge in [-0.05, 0) is 30.5 Å². The summed E-state index contributed by atoms with van der Waals surface area (Å²) in [5.74, 6) is 0.0436. The summed E-state index contributed by atoms with van der Waals surface area (Å²) in [6.45, 7) is 4.64. The highest BCUT2D eigenvalue weighted by Gasteiger charge is 2.04. The van der Waals surface area contributed by atoms with E-state index in [1.54, 1.807) is 17.1 Å². The number of carbonyl (C=O) groups excluding carboxylic acids is 1. The fourth-order valence-electron chi connectivity index (χ4n) is 1.50. The van der Waals surface area contributed by atoms with Crippen molar-refractivity contribution < 1.29 is 4.79 Å². The monoisotopic (exact) mass is 217 g/mol. The van der Waals surface area contributed by atoms with E-state index in [-0.39, 0.29) is 5.91 Å². The molecule has 2 heteroatoms. The lowest BCUT2D eigenvalue weighted by molar-refractivity contribution is -0.125. The Kier molecular flexibility index (Phi) is 4.77. The molecule has 1 aromatic carbocycles. The average molecular weight is 217 g/mol. The third-order valence-corrected chi connectivity index (χ3v) is 2.54. The Bertz CT molecular complexity index is 365. The molecule has 86 valence electrons. The van der Waals surface area contributed by atoms with E-state index in [2.05, 4.69) is 31.2 Å². The Morgan fingerprint density at radius 3 is 2.31 bits per heavy atom. The first-order chi connectivity index (χ1) is 7.67. The van der Waals surface area contributed by atoms with Crippen molar-refractivity contribution in [1.29, 1.82) is 0 Å². The molecule has 0 heterocycles. The molecule has 0 unspecified atom stereocenters. The van der Waals surface area contributed by atoms with Gasteiger partial charge in [-0.2, -0.15) is 0 Å². The molecule has 2 nitrogen and oxygen atoms in total. The number of rotatable bonds is 4. The van der Waals surface area contributed by atoms with Crippen molar-refractivity contribution in [3.63, 3.8) is 0 Å². The molecule has 0 saturated carbocycles. The van der Waals surface area contributed by atoms with Gasteiger partial charge in [0.25, 0.3) is 0 Å². The molecule has 0 aliphatic carbocycles.